The number of ketones is 1. The van der Waals surface area contributed by atoms with Crippen molar-refractivity contribution in [3.8, 4) is 5.82 Å². The monoisotopic (exact) mass is 398 g/mol. The minimum absolute atomic E-state index is 0.228. The Morgan fingerprint density at radius 2 is 1.96 bits per heavy atom. The number of hydrogen-bond donors (Lipinski definition) is 0. The van der Waals surface area contributed by atoms with Crippen molar-refractivity contribution < 1.29 is 18.8 Å². The van der Waals surface area contributed by atoms with Gasteiger partial charge in [0.25, 0.3) is 0 Å². The molecule has 3 aromatic heterocycles. The minimum atomic E-state index is -0.423. The third kappa shape index (κ3) is 3.42. The number of thiophene rings is 1. The second kappa shape index (κ2) is 7.39. The van der Waals surface area contributed by atoms with E-state index in [2.05, 4.69) is 5.16 Å². The first-order valence-corrected chi connectivity index (χ1v) is 10.2. The molecule has 1 aliphatic rings. The molecule has 4 rings (SSSR count). The highest BCUT2D eigenvalue weighted by molar-refractivity contribution is 7.14. The molecule has 0 spiro atoms. The van der Waals surface area contributed by atoms with Crippen molar-refractivity contribution in [2.45, 2.75) is 46.5 Å². The highest BCUT2D eigenvalue weighted by Gasteiger charge is 2.22. The highest BCUT2D eigenvalue weighted by atomic mass is 32.1. The number of carbonyl (C=O) groups excluding carboxylic acids is 2. The molecule has 1 aliphatic carbocycles. The van der Waals surface area contributed by atoms with E-state index in [0.29, 0.717) is 22.0 Å². The molecular weight excluding hydrogens is 376 g/mol. The number of hydrogen-bond acceptors (Lipinski definition) is 6. The number of Topliss-reactive ketones (excluding diaryl/α,β-unsaturated/α-hetero) is 1. The van der Waals surface area contributed by atoms with Crippen molar-refractivity contribution in [2.75, 3.05) is 6.61 Å². The molecule has 0 N–H and O–H groups in total. The van der Waals surface area contributed by atoms with Crippen LogP contribution in [-0.4, -0.2) is 28.1 Å². The summed E-state index contributed by atoms with van der Waals surface area (Å²) in [6.07, 6.45) is 4.38. The molecule has 0 fully saturated rings. The maximum Gasteiger partial charge on any atom is 0.348 e. The smallest absolute Gasteiger partial charge is 0.348 e. The van der Waals surface area contributed by atoms with Crippen LogP contribution in [0.2, 0.25) is 0 Å². The Balaban J connectivity index is 1.47. The molecule has 28 heavy (non-hydrogen) atoms. The molecule has 7 heteroatoms. The normalized spacial score (nSPS) is 13.4. The molecule has 3 aromatic rings. The molecule has 0 aliphatic heterocycles. The van der Waals surface area contributed by atoms with Crippen LogP contribution in [0.15, 0.2) is 22.7 Å². The van der Waals surface area contributed by atoms with E-state index in [1.54, 1.807) is 6.07 Å². The molecule has 0 saturated heterocycles. The van der Waals surface area contributed by atoms with Gasteiger partial charge in [0.2, 0.25) is 5.78 Å². The molecule has 146 valence electrons. The van der Waals surface area contributed by atoms with Crippen molar-refractivity contribution in [2.24, 2.45) is 0 Å². The molecule has 0 radical (unpaired) electrons. The number of fused-ring (bicyclic) bond motifs is 1. The Morgan fingerprint density at radius 1 is 1.18 bits per heavy atom. The van der Waals surface area contributed by atoms with Gasteiger partial charge in [-0.3, -0.25) is 9.36 Å². The molecule has 0 saturated carbocycles. The molecule has 0 unspecified atom stereocenters. The maximum absolute atomic E-state index is 12.7. The lowest BCUT2D eigenvalue weighted by Gasteiger charge is -2.08. The lowest BCUT2D eigenvalue weighted by Crippen LogP contribution is -2.14. The van der Waals surface area contributed by atoms with Crippen LogP contribution in [0.4, 0.5) is 0 Å². The first-order valence-electron chi connectivity index (χ1n) is 9.38. The summed E-state index contributed by atoms with van der Waals surface area (Å²) in [6.45, 7) is 5.29. The number of nitrogens with zero attached hydrogens (tertiary/aromatic N) is 2. The summed E-state index contributed by atoms with van der Waals surface area (Å²) in [7, 11) is 0. The third-order valence-corrected chi connectivity index (χ3v) is 6.33. The highest BCUT2D eigenvalue weighted by Crippen LogP contribution is 2.30. The summed E-state index contributed by atoms with van der Waals surface area (Å²) >= 11 is 1.49. The lowest BCUT2D eigenvalue weighted by atomic mass is 9.99. The van der Waals surface area contributed by atoms with E-state index in [9.17, 15) is 9.59 Å². The SMILES string of the molecule is Cc1cc(-n2c(C)cc(C(=O)COC(=O)c3cc4c(s3)CCCC4)c2C)no1. The summed E-state index contributed by atoms with van der Waals surface area (Å²) in [5.41, 5.74) is 3.39. The van der Waals surface area contributed by atoms with Crippen molar-refractivity contribution in [1.82, 2.24) is 9.72 Å². The summed E-state index contributed by atoms with van der Waals surface area (Å²) in [5, 5.41) is 4.02. The van der Waals surface area contributed by atoms with Gasteiger partial charge in [0.15, 0.2) is 12.4 Å². The lowest BCUT2D eigenvalue weighted by molar-refractivity contribution is 0.0479. The standard InChI is InChI=1S/C21H22N2O4S/c1-12-8-16(14(3)23(12)20-9-13(2)27-22-20)17(24)11-26-21(25)19-10-15-6-4-5-7-18(15)28-19/h8-10H,4-7,11H2,1-3H3. The van der Waals surface area contributed by atoms with Crippen LogP contribution in [0.3, 0.4) is 0 Å². The molecule has 3 heterocycles. The van der Waals surface area contributed by atoms with Gasteiger partial charge in [0.05, 0.1) is 0 Å². The van der Waals surface area contributed by atoms with E-state index in [-0.39, 0.29) is 12.4 Å². The largest absolute Gasteiger partial charge is 0.453 e. The van der Waals surface area contributed by atoms with Gasteiger partial charge in [-0.25, -0.2) is 4.79 Å². The van der Waals surface area contributed by atoms with Crippen LogP contribution >= 0.6 is 11.3 Å². The van der Waals surface area contributed by atoms with Gasteiger partial charge in [0.1, 0.15) is 10.6 Å². The fraction of sp³-hybridized carbons (Fsp3) is 0.381. The van der Waals surface area contributed by atoms with Gasteiger partial charge >= 0.3 is 5.97 Å². The first-order chi connectivity index (χ1) is 13.4. The average Bonchev–Trinajstić information content (AvgIpc) is 3.36. The summed E-state index contributed by atoms with van der Waals surface area (Å²) in [5.74, 6) is 0.679. The van der Waals surface area contributed by atoms with E-state index in [1.807, 2.05) is 37.5 Å². The van der Waals surface area contributed by atoms with Crippen LogP contribution < -0.4 is 0 Å². The van der Waals surface area contributed by atoms with E-state index in [0.717, 1.165) is 30.7 Å². The molecule has 0 bridgehead atoms. The average molecular weight is 398 g/mol. The zero-order valence-corrected chi connectivity index (χ0v) is 17.0. The van der Waals surface area contributed by atoms with Gasteiger partial charge < -0.3 is 9.26 Å². The van der Waals surface area contributed by atoms with Gasteiger partial charge in [-0.1, -0.05) is 5.16 Å². The van der Waals surface area contributed by atoms with E-state index < -0.39 is 5.97 Å². The number of aryl methyl sites for hydroxylation is 4. The van der Waals surface area contributed by atoms with Crippen LogP contribution in [-0.2, 0) is 17.6 Å². The van der Waals surface area contributed by atoms with E-state index >= 15 is 0 Å². The fourth-order valence-electron chi connectivity index (χ4n) is 3.73. The Morgan fingerprint density at radius 3 is 2.68 bits per heavy atom. The molecule has 0 amide bonds. The molecule has 6 nitrogen and oxygen atoms in total. The Bertz CT molecular complexity index is 1030. The second-order valence-electron chi connectivity index (χ2n) is 7.18. The zero-order chi connectivity index (χ0) is 19.8. The van der Waals surface area contributed by atoms with Gasteiger partial charge in [-0.2, -0.15) is 0 Å². The number of aromatic nitrogens is 2. The Kier molecular flexibility index (Phi) is 4.93. The van der Waals surface area contributed by atoms with Gasteiger partial charge in [0, 0.05) is 27.9 Å². The first kappa shape index (κ1) is 18.7. The van der Waals surface area contributed by atoms with Crippen LogP contribution in [0.1, 0.15) is 60.5 Å². The van der Waals surface area contributed by atoms with Crippen molar-refractivity contribution >= 4 is 23.1 Å². The van der Waals surface area contributed by atoms with Crippen molar-refractivity contribution in [3.63, 3.8) is 0 Å². The Hall–Kier alpha value is -2.67. The topological polar surface area (TPSA) is 74.3 Å². The van der Waals surface area contributed by atoms with Crippen LogP contribution in [0.5, 0.6) is 0 Å². The number of carbonyl (C=O) groups is 2. The quantitative estimate of drug-likeness (QED) is 0.471. The zero-order valence-electron chi connectivity index (χ0n) is 16.2. The van der Waals surface area contributed by atoms with E-state index in [4.69, 9.17) is 9.26 Å². The van der Waals surface area contributed by atoms with Gasteiger partial charge in [-0.15, -0.1) is 11.3 Å². The minimum Gasteiger partial charge on any atom is -0.453 e. The van der Waals surface area contributed by atoms with Gasteiger partial charge in [-0.05, 0) is 64.2 Å². The third-order valence-electron chi connectivity index (χ3n) is 5.11. The summed E-state index contributed by atoms with van der Waals surface area (Å²) in [6, 6.07) is 5.52. The maximum atomic E-state index is 12.7. The summed E-state index contributed by atoms with van der Waals surface area (Å²) < 4.78 is 12.3. The second-order valence-corrected chi connectivity index (χ2v) is 8.32. The molecule has 0 atom stereocenters. The van der Waals surface area contributed by atoms with Crippen molar-refractivity contribution in [3.05, 3.63) is 56.2 Å². The molecule has 0 aromatic carbocycles. The summed E-state index contributed by atoms with van der Waals surface area (Å²) in [4.78, 5) is 26.9. The van der Waals surface area contributed by atoms with Crippen LogP contribution in [0, 0.1) is 20.8 Å². The predicted molar refractivity (Wildman–Crippen MR) is 106 cm³/mol. The molecular formula is C21H22N2O4S. The van der Waals surface area contributed by atoms with Crippen molar-refractivity contribution in [1.29, 1.82) is 0 Å². The fourth-order valence-corrected chi connectivity index (χ4v) is 4.87. The number of rotatable bonds is 5. The Labute approximate surface area is 167 Å². The van der Waals surface area contributed by atoms with E-state index in [1.165, 1.54) is 28.2 Å². The number of ether oxygens (including phenoxy) is 1. The number of esters is 1. The van der Waals surface area contributed by atoms with Crippen LogP contribution in [0.25, 0.3) is 5.82 Å². The predicted octanol–water partition coefficient (Wildman–Crippen LogP) is 4.37.